The molecular weight excluding hydrogens is 420 g/mol. The van der Waals surface area contributed by atoms with Crippen molar-refractivity contribution in [3.8, 4) is 5.75 Å². The van der Waals surface area contributed by atoms with Crippen LogP contribution in [0.25, 0.3) is 0 Å². The molecule has 0 aromatic heterocycles. The van der Waals surface area contributed by atoms with E-state index >= 15 is 0 Å². The van der Waals surface area contributed by atoms with Gasteiger partial charge in [0.05, 0.1) is 6.61 Å². The third-order valence-corrected chi connectivity index (χ3v) is 4.80. The number of carbonyl (C=O) groups excluding carboxylic acids is 4. The molecule has 11 heteroatoms. The molecule has 1 aromatic rings. The zero-order valence-electron chi connectivity index (χ0n) is 18.0. The largest absolute Gasteiger partial charge is 0.508 e. The van der Waals surface area contributed by atoms with Gasteiger partial charge in [0.1, 0.15) is 17.8 Å². The average molecular weight is 450 g/mol. The van der Waals surface area contributed by atoms with Crippen molar-refractivity contribution in [3.05, 3.63) is 29.8 Å². The van der Waals surface area contributed by atoms with E-state index in [4.69, 9.17) is 15.6 Å². The Morgan fingerprint density at radius 1 is 1.03 bits per heavy atom. The highest BCUT2D eigenvalue weighted by Gasteiger charge is 2.50. The second kappa shape index (κ2) is 11.4. The number of hydrogen-bond donors (Lipinski definition) is 6. The Bertz CT molecular complexity index is 828. The molecular formula is C21H30N4O7. The van der Waals surface area contributed by atoms with Gasteiger partial charge in [-0.3, -0.25) is 19.2 Å². The smallest absolute Gasteiger partial charge is 0.253 e. The molecule has 0 aliphatic carbocycles. The van der Waals surface area contributed by atoms with Crippen LogP contribution in [0.1, 0.15) is 25.8 Å². The number of carbonyl (C=O) groups is 4. The van der Waals surface area contributed by atoms with E-state index in [1.807, 2.05) is 13.8 Å². The first-order valence-corrected chi connectivity index (χ1v) is 10.3. The third kappa shape index (κ3) is 7.50. The van der Waals surface area contributed by atoms with Crippen LogP contribution in [0, 0.1) is 5.92 Å². The number of nitrogens with one attached hydrogen (secondary N) is 3. The van der Waals surface area contributed by atoms with Crippen molar-refractivity contribution in [2.24, 2.45) is 11.7 Å². The van der Waals surface area contributed by atoms with Crippen LogP contribution in [0.15, 0.2) is 24.3 Å². The first-order valence-electron chi connectivity index (χ1n) is 10.3. The fraction of sp³-hybridized carbons (Fsp3) is 0.524. The Balaban J connectivity index is 2.00. The van der Waals surface area contributed by atoms with E-state index in [0.717, 1.165) is 0 Å². The van der Waals surface area contributed by atoms with Gasteiger partial charge < -0.3 is 36.6 Å². The van der Waals surface area contributed by atoms with E-state index in [1.165, 1.54) is 12.1 Å². The van der Waals surface area contributed by atoms with Crippen LogP contribution in [0.5, 0.6) is 5.75 Å². The SMILES string of the molecule is CC(C)C[C@H](NC(=O)C1OC1C(=O)NCCO)C(=O)N[C@@H](Cc1ccc(O)cc1)C(N)=O. The minimum absolute atomic E-state index is 0.0407. The lowest BCUT2D eigenvalue weighted by atomic mass is 10.0. The number of aliphatic hydroxyl groups is 1. The number of rotatable bonds is 12. The summed E-state index contributed by atoms with van der Waals surface area (Å²) in [5, 5.41) is 25.7. The van der Waals surface area contributed by atoms with E-state index in [-0.39, 0.29) is 37.7 Å². The maximum atomic E-state index is 12.9. The summed E-state index contributed by atoms with van der Waals surface area (Å²) in [4.78, 5) is 49.0. The van der Waals surface area contributed by atoms with E-state index < -0.39 is 47.9 Å². The lowest BCUT2D eigenvalue weighted by Gasteiger charge is -2.23. The van der Waals surface area contributed by atoms with Gasteiger partial charge in [-0.1, -0.05) is 26.0 Å². The summed E-state index contributed by atoms with van der Waals surface area (Å²) >= 11 is 0. The number of ether oxygens (including phenoxy) is 1. The fourth-order valence-corrected chi connectivity index (χ4v) is 3.11. The van der Waals surface area contributed by atoms with Gasteiger partial charge in [0, 0.05) is 13.0 Å². The highest BCUT2D eigenvalue weighted by molar-refractivity contribution is 5.97. The molecule has 0 spiro atoms. The molecule has 1 saturated heterocycles. The van der Waals surface area contributed by atoms with Crippen molar-refractivity contribution in [2.75, 3.05) is 13.2 Å². The topological polar surface area (TPSA) is 183 Å². The molecule has 1 aromatic carbocycles. The number of aliphatic hydroxyl groups excluding tert-OH is 1. The van der Waals surface area contributed by atoms with Crippen LogP contribution < -0.4 is 21.7 Å². The molecule has 0 saturated carbocycles. The molecule has 1 aliphatic rings. The number of phenols is 1. The number of epoxide rings is 1. The van der Waals surface area contributed by atoms with Gasteiger partial charge in [-0.05, 0) is 30.0 Å². The number of primary amides is 1. The number of aromatic hydroxyl groups is 1. The van der Waals surface area contributed by atoms with Crippen LogP contribution in [0.2, 0.25) is 0 Å². The van der Waals surface area contributed by atoms with Gasteiger partial charge >= 0.3 is 0 Å². The van der Waals surface area contributed by atoms with Crippen molar-refractivity contribution < 1.29 is 34.1 Å². The van der Waals surface area contributed by atoms with Crippen molar-refractivity contribution >= 4 is 23.6 Å². The van der Waals surface area contributed by atoms with E-state index in [2.05, 4.69) is 16.0 Å². The predicted octanol–water partition coefficient (Wildman–Crippen LogP) is -1.69. The highest BCUT2D eigenvalue weighted by atomic mass is 16.6. The van der Waals surface area contributed by atoms with E-state index in [9.17, 15) is 24.3 Å². The van der Waals surface area contributed by atoms with Crippen LogP contribution >= 0.6 is 0 Å². The number of hydrogen-bond acceptors (Lipinski definition) is 7. The van der Waals surface area contributed by atoms with Crippen LogP contribution in [-0.4, -0.2) is 71.3 Å². The quantitative estimate of drug-likeness (QED) is 0.205. The second-order valence-corrected chi connectivity index (χ2v) is 8.02. The summed E-state index contributed by atoms with van der Waals surface area (Å²) in [6, 6.07) is 4.15. The normalized spacial score (nSPS) is 19.0. The average Bonchev–Trinajstić information content (AvgIpc) is 3.53. The Kier molecular flexibility index (Phi) is 8.97. The predicted molar refractivity (Wildman–Crippen MR) is 113 cm³/mol. The Hall–Kier alpha value is -3.18. The lowest BCUT2D eigenvalue weighted by molar-refractivity contribution is -0.132. The molecule has 7 N–H and O–H groups in total. The Labute approximate surface area is 185 Å². The van der Waals surface area contributed by atoms with Gasteiger partial charge in [-0.25, -0.2) is 0 Å². The minimum Gasteiger partial charge on any atom is -0.508 e. The van der Waals surface area contributed by atoms with Gasteiger partial charge in [-0.2, -0.15) is 0 Å². The maximum absolute atomic E-state index is 12.9. The zero-order valence-corrected chi connectivity index (χ0v) is 18.0. The van der Waals surface area contributed by atoms with Gasteiger partial charge in [-0.15, -0.1) is 0 Å². The fourth-order valence-electron chi connectivity index (χ4n) is 3.11. The van der Waals surface area contributed by atoms with Crippen molar-refractivity contribution in [1.82, 2.24) is 16.0 Å². The molecule has 11 nitrogen and oxygen atoms in total. The first-order chi connectivity index (χ1) is 15.1. The number of phenolic OH excluding ortho intramolecular Hbond substituents is 1. The minimum atomic E-state index is -1.03. The number of benzene rings is 1. The van der Waals surface area contributed by atoms with Crippen molar-refractivity contribution in [2.45, 2.75) is 51.0 Å². The van der Waals surface area contributed by atoms with Crippen molar-refractivity contribution in [3.63, 3.8) is 0 Å². The number of amides is 4. The number of nitrogens with two attached hydrogens (primary N) is 1. The second-order valence-electron chi connectivity index (χ2n) is 8.02. The highest BCUT2D eigenvalue weighted by Crippen LogP contribution is 2.23. The summed E-state index contributed by atoms with van der Waals surface area (Å²) in [5.74, 6) is -2.36. The van der Waals surface area contributed by atoms with Crippen molar-refractivity contribution in [1.29, 1.82) is 0 Å². The Morgan fingerprint density at radius 3 is 2.22 bits per heavy atom. The van der Waals surface area contributed by atoms with Crippen LogP contribution in [0.4, 0.5) is 0 Å². The lowest BCUT2D eigenvalue weighted by Crippen LogP contribution is -2.54. The summed E-state index contributed by atoms with van der Waals surface area (Å²) in [5.41, 5.74) is 6.12. The summed E-state index contributed by atoms with van der Waals surface area (Å²) in [7, 11) is 0. The molecule has 1 aliphatic heterocycles. The molecule has 2 rings (SSSR count). The molecule has 1 heterocycles. The molecule has 4 amide bonds. The standard InChI is InChI=1S/C21H30N4O7/c1-11(2)9-15(25-21(31)17-16(32-17)20(30)23-7-8-26)19(29)24-14(18(22)28)10-12-3-5-13(27)6-4-12/h3-6,11,14-17,26-27H,7-10H2,1-2H3,(H2,22,28)(H,23,30)(H,24,29)(H,25,31)/t14-,15-,16?,17?/m0/s1. The summed E-state index contributed by atoms with van der Waals surface area (Å²) < 4.78 is 5.10. The van der Waals surface area contributed by atoms with Gasteiger partial charge in [0.15, 0.2) is 12.2 Å². The maximum Gasteiger partial charge on any atom is 0.253 e. The van der Waals surface area contributed by atoms with Gasteiger partial charge in [0.25, 0.3) is 11.8 Å². The molecule has 176 valence electrons. The van der Waals surface area contributed by atoms with Gasteiger partial charge in [0.2, 0.25) is 11.8 Å². The Morgan fingerprint density at radius 2 is 1.66 bits per heavy atom. The molecule has 0 radical (unpaired) electrons. The third-order valence-electron chi connectivity index (χ3n) is 4.80. The van der Waals surface area contributed by atoms with E-state index in [1.54, 1.807) is 12.1 Å². The van der Waals surface area contributed by atoms with Crippen LogP contribution in [-0.2, 0) is 30.3 Å². The molecule has 2 unspecified atom stereocenters. The van der Waals surface area contributed by atoms with Crippen LogP contribution in [0.3, 0.4) is 0 Å². The zero-order chi connectivity index (χ0) is 23.8. The molecule has 1 fully saturated rings. The summed E-state index contributed by atoms with van der Waals surface area (Å²) in [6.07, 6.45) is -1.60. The molecule has 32 heavy (non-hydrogen) atoms. The molecule has 4 atom stereocenters. The monoisotopic (exact) mass is 450 g/mol. The van der Waals surface area contributed by atoms with E-state index in [0.29, 0.717) is 5.56 Å². The molecule has 0 bridgehead atoms. The first kappa shape index (κ1) is 25.1. The summed E-state index contributed by atoms with van der Waals surface area (Å²) in [6.45, 7) is 3.54.